The fourth-order valence-corrected chi connectivity index (χ4v) is 7.36. The maximum absolute atomic E-state index is 13.2. The van der Waals surface area contributed by atoms with E-state index in [-0.39, 0.29) is 24.8 Å². The Morgan fingerprint density at radius 2 is 1.32 bits per heavy atom. The van der Waals surface area contributed by atoms with Crippen molar-refractivity contribution < 1.29 is 47.5 Å². The third-order valence-electron chi connectivity index (χ3n) is 10.5. The number of nitrogens with one attached hydrogen (secondary N) is 2. The fourth-order valence-electron chi connectivity index (χ4n) is 7.24. The highest BCUT2D eigenvalue weighted by molar-refractivity contribution is 6.30. The van der Waals surface area contributed by atoms with Crippen molar-refractivity contribution in [3.63, 3.8) is 0 Å². The van der Waals surface area contributed by atoms with Gasteiger partial charge >= 0.3 is 0 Å². The van der Waals surface area contributed by atoms with Gasteiger partial charge in [-0.2, -0.15) is 0 Å². The van der Waals surface area contributed by atoms with Crippen molar-refractivity contribution in [2.24, 2.45) is 4.99 Å². The molecule has 16 nitrogen and oxygen atoms in total. The molecule has 6 rings (SSSR count). The molecule has 2 N–H and O–H groups in total. The van der Waals surface area contributed by atoms with Crippen LogP contribution in [0.1, 0.15) is 52.8 Å². The fraction of sp³-hybridized carbons (Fsp3) is 0.408. The Bertz CT molecular complexity index is 2360. The first kappa shape index (κ1) is 49.4. The first-order valence-electron chi connectivity index (χ1n) is 22.0. The van der Waals surface area contributed by atoms with Crippen LogP contribution in [0.3, 0.4) is 0 Å². The number of aliphatic imine (C=N–C) groups is 1. The summed E-state index contributed by atoms with van der Waals surface area (Å²) in [6, 6.07) is 26.4. The average molecular weight is 927 g/mol. The van der Waals surface area contributed by atoms with Crippen molar-refractivity contribution in [2.45, 2.75) is 38.6 Å². The lowest BCUT2D eigenvalue weighted by atomic mass is 10.00. The van der Waals surface area contributed by atoms with Gasteiger partial charge in [0.1, 0.15) is 23.4 Å². The van der Waals surface area contributed by atoms with Crippen LogP contribution < -0.4 is 29.6 Å². The SMILES string of the molecule is COc1ccc2c(c1)C(c1ccc(Cl)cc1)=N[C@@H](CC(=O)NCCOCCOCCOCCOCCNC(=O)COc1cccc(CCCc3ccc(OC)c(OC)c3)c1)c1nnc(C)n1-2. The number of carbonyl (C=O) groups excluding carboxylic acids is 2. The van der Waals surface area contributed by atoms with Crippen molar-refractivity contribution in [2.75, 3.05) is 93.9 Å². The summed E-state index contributed by atoms with van der Waals surface area (Å²) >= 11 is 6.21. The predicted octanol–water partition coefficient (Wildman–Crippen LogP) is 6.09. The largest absolute Gasteiger partial charge is 0.497 e. The molecule has 0 fully saturated rings. The second-order valence-corrected chi connectivity index (χ2v) is 15.6. The van der Waals surface area contributed by atoms with Gasteiger partial charge in [-0.1, -0.05) is 41.9 Å². The summed E-state index contributed by atoms with van der Waals surface area (Å²) in [5.41, 5.74) is 5.53. The van der Waals surface area contributed by atoms with Crippen LogP contribution in [0.25, 0.3) is 5.69 Å². The van der Waals surface area contributed by atoms with Crippen LogP contribution in [0, 0.1) is 6.92 Å². The van der Waals surface area contributed by atoms with E-state index in [0.29, 0.717) is 106 Å². The molecule has 0 radical (unpaired) electrons. The number of fused-ring (bicyclic) bond motifs is 3. The zero-order valence-electron chi connectivity index (χ0n) is 38.0. The summed E-state index contributed by atoms with van der Waals surface area (Å²) in [4.78, 5) is 30.6. The summed E-state index contributed by atoms with van der Waals surface area (Å²) in [7, 11) is 4.88. The summed E-state index contributed by atoms with van der Waals surface area (Å²) in [5, 5.41) is 15.1. The first-order valence-corrected chi connectivity index (χ1v) is 22.4. The van der Waals surface area contributed by atoms with Crippen molar-refractivity contribution >= 4 is 29.1 Å². The molecule has 2 heterocycles. The Morgan fingerprint density at radius 1 is 0.667 bits per heavy atom. The van der Waals surface area contributed by atoms with E-state index in [1.54, 1.807) is 21.3 Å². The van der Waals surface area contributed by atoms with Gasteiger partial charge in [0.2, 0.25) is 5.91 Å². The lowest BCUT2D eigenvalue weighted by Gasteiger charge is -2.14. The monoisotopic (exact) mass is 926 g/mol. The van der Waals surface area contributed by atoms with Crippen LogP contribution in [0.2, 0.25) is 5.02 Å². The van der Waals surface area contributed by atoms with Crippen molar-refractivity contribution in [1.29, 1.82) is 0 Å². The molecule has 0 unspecified atom stereocenters. The van der Waals surface area contributed by atoms with Crippen molar-refractivity contribution in [3.05, 3.63) is 124 Å². The standard InChI is InChI=1S/C49H59ClN6O10/c1-34-54-55-49-42(53-48(37-12-14-38(50)15-13-37)41-31-39(59-2)16-17-43(41)56(34)49)32-46(57)51-19-21-62-23-25-64-27-28-65-26-24-63-22-20-52-47(58)33-66-40-10-6-9-35(29-40)7-5-8-36-11-18-44(60-3)45(30-36)61-4/h6,9-18,29-31,42H,5,7-8,19-28,32-33H2,1-4H3,(H,51,57)(H,52,58)/t42-/m0/s1. The number of benzene rings is 4. The molecule has 1 aromatic heterocycles. The van der Waals surface area contributed by atoms with E-state index in [2.05, 4.69) is 26.9 Å². The molecule has 0 saturated heterocycles. The summed E-state index contributed by atoms with van der Waals surface area (Å²) in [6.45, 7) is 5.49. The van der Waals surface area contributed by atoms with Crippen LogP contribution in [-0.4, -0.2) is 126 Å². The molecule has 0 spiro atoms. The number of hydrogen-bond acceptors (Lipinski definition) is 13. The van der Waals surface area contributed by atoms with Gasteiger partial charge in [-0.25, -0.2) is 0 Å². The Morgan fingerprint density at radius 3 is 1.98 bits per heavy atom. The molecule has 1 aliphatic heterocycles. The van der Waals surface area contributed by atoms with Crippen LogP contribution in [-0.2, 0) is 41.4 Å². The van der Waals surface area contributed by atoms with Crippen LogP contribution in [0.5, 0.6) is 23.0 Å². The van der Waals surface area contributed by atoms with Gasteiger partial charge in [0.05, 0.1) is 92.0 Å². The lowest BCUT2D eigenvalue weighted by molar-refractivity contribution is -0.123. The number of halogens is 1. The zero-order valence-corrected chi connectivity index (χ0v) is 38.8. The highest BCUT2D eigenvalue weighted by Gasteiger charge is 2.30. The number of amides is 2. The second kappa shape index (κ2) is 26.2. The number of aromatic nitrogens is 3. The van der Waals surface area contributed by atoms with E-state index in [0.717, 1.165) is 47.4 Å². The topological polar surface area (TPSA) is 175 Å². The van der Waals surface area contributed by atoms with E-state index >= 15 is 0 Å². The van der Waals surface area contributed by atoms with Gasteiger partial charge in [-0.05, 0) is 91.9 Å². The molecule has 66 heavy (non-hydrogen) atoms. The van der Waals surface area contributed by atoms with Crippen LogP contribution in [0.15, 0.2) is 89.9 Å². The Labute approximate surface area is 390 Å². The number of nitrogens with zero attached hydrogens (tertiary/aromatic N) is 4. The third-order valence-corrected chi connectivity index (χ3v) is 10.8. The summed E-state index contributed by atoms with van der Waals surface area (Å²) in [5.74, 6) is 3.60. The molecular formula is C49H59ClN6O10. The Balaban J connectivity index is 0.773. The van der Waals surface area contributed by atoms with E-state index in [9.17, 15) is 9.59 Å². The maximum atomic E-state index is 13.2. The molecule has 0 saturated carbocycles. The van der Waals surface area contributed by atoms with Crippen molar-refractivity contribution in [1.82, 2.24) is 25.4 Å². The summed E-state index contributed by atoms with van der Waals surface area (Å²) < 4.78 is 46.3. The minimum absolute atomic E-state index is 0.0584. The molecular weight excluding hydrogens is 868 g/mol. The minimum Gasteiger partial charge on any atom is -0.497 e. The van der Waals surface area contributed by atoms with E-state index < -0.39 is 6.04 Å². The predicted molar refractivity (Wildman–Crippen MR) is 250 cm³/mol. The van der Waals surface area contributed by atoms with Gasteiger partial charge in [0.15, 0.2) is 23.9 Å². The zero-order chi connectivity index (χ0) is 46.5. The quantitative estimate of drug-likeness (QED) is 0.0554. The highest BCUT2D eigenvalue weighted by atomic mass is 35.5. The number of ether oxygens (including phenoxy) is 8. The van der Waals surface area contributed by atoms with E-state index in [1.165, 1.54) is 5.56 Å². The third kappa shape index (κ3) is 14.7. The number of carbonyl (C=O) groups is 2. The molecule has 4 aromatic carbocycles. The van der Waals surface area contributed by atoms with Gasteiger partial charge in [0, 0.05) is 29.2 Å². The molecule has 17 heteroatoms. The Kier molecular flexibility index (Phi) is 19.6. The molecule has 352 valence electrons. The van der Waals surface area contributed by atoms with Gasteiger partial charge < -0.3 is 48.5 Å². The first-order chi connectivity index (χ1) is 32.3. The lowest BCUT2D eigenvalue weighted by Crippen LogP contribution is -2.31. The molecule has 2 amide bonds. The normalized spacial score (nSPS) is 12.9. The molecule has 0 bridgehead atoms. The Hall–Kier alpha value is -6.04. The molecule has 1 atom stereocenters. The van der Waals surface area contributed by atoms with Gasteiger partial charge in [0.25, 0.3) is 5.91 Å². The van der Waals surface area contributed by atoms with Crippen molar-refractivity contribution in [3.8, 4) is 28.7 Å². The van der Waals surface area contributed by atoms with E-state index in [1.807, 2.05) is 90.4 Å². The molecule has 1 aliphatic rings. The molecule has 0 aliphatic carbocycles. The van der Waals surface area contributed by atoms with Crippen LogP contribution in [0.4, 0.5) is 0 Å². The molecule has 5 aromatic rings. The number of rotatable bonds is 28. The smallest absolute Gasteiger partial charge is 0.258 e. The maximum Gasteiger partial charge on any atom is 0.258 e. The highest BCUT2D eigenvalue weighted by Crippen LogP contribution is 2.34. The number of hydrogen-bond donors (Lipinski definition) is 2. The van der Waals surface area contributed by atoms with Gasteiger partial charge in [-0.15, -0.1) is 10.2 Å². The van der Waals surface area contributed by atoms with Crippen LogP contribution >= 0.6 is 11.6 Å². The van der Waals surface area contributed by atoms with E-state index in [4.69, 9.17) is 54.5 Å². The second-order valence-electron chi connectivity index (χ2n) is 15.2. The minimum atomic E-state index is -0.604. The van der Waals surface area contributed by atoms with Gasteiger partial charge in [-0.3, -0.25) is 19.1 Å². The number of aryl methyl sites for hydroxylation is 3. The summed E-state index contributed by atoms with van der Waals surface area (Å²) in [6.07, 6.45) is 2.79. The number of methoxy groups -OCH3 is 3. The average Bonchev–Trinajstić information content (AvgIpc) is 3.66.